The molecule has 112 valence electrons. The van der Waals surface area contributed by atoms with Crippen LogP contribution in [-0.2, 0) is 6.54 Å². The van der Waals surface area contributed by atoms with Crippen molar-refractivity contribution in [2.45, 2.75) is 39.2 Å². The zero-order chi connectivity index (χ0) is 14.8. The molecule has 0 spiro atoms. The molecule has 3 N–H and O–H groups in total. The second kappa shape index (κ2) is 5.85. The fourth-order valence-corrected chi connectivity index (χ4v) is 3.10. The minimum atomic E-state index is -0.0864. The van der Waals surface area contributed by atoms with Crippen LogP contribution in [0.4, 0.5) is 5.13 Å². The Kier molecular flexibility index (Phi) is 3.92. The van der Waals surface area contributed by atoms with Crippen molar-refractivity contribution in [2.24, 2.45) is 0 Å². The van der Waals surface area contributed by atoms with Crippen LogP contribution < -0.4 is 10.6 Å². The molecule has 0 radical (unpaired) electrons. The lowest BCUT2D eigenvalue weighted by Gasteiger charge is -2.01. The number of nitrogens with one attached hydrogen (secondary N) is 3. The lowest BCUT2D eigenvalue weighted by Crippen LogP contribution is -2.22. The van der Waals surface area contributed by atoms with Crippen molar-refractivity contribution < 1.29 is 4.79 Å². The molecule has 0 aliphatic heterocycles. The first-order valence-electron chi connectivity index (χ1n) is 7.21. The monoisotopic (exact) mass is 305 g/mol. The summed E-state index contributed by atoms with van der Waals surface area (Å²) in [7, 11) is 0. The Hall–Kier alpha value is -1.89. The van der Waals surface area contributed by atoms with E-state index in [0.717, 1.165) is 28.8 Å². The third-order valence-corrected chi connectivity index (χ3v) is 4.53. The summed E-state index contributed by atoms with van der Waals surface area (Å²) in [5.74, 6) is 0.536. The van der Waals surface area contributed by atoms with Gasteiger partial charge in [-0.05, 0) is 32.8 Å². The van der Waals surface area contributed by atoms with Crippen LogP contribution in [-0.4, -0.2) is 27.6 Å². The SMILES string of the molecule is CCNc1nc(C)c(C(=O)NCc2cc(C3CC3)n[nH]2)s1. The first kappa shape index (κ1) is 14.1. The number of carbonyl (C=O) groups excluding carboxylic acids is 1. The van der Waals surface area contributed by atoms with E-state index in [0.29, 0.717) is 17.3 Å². The minimum absolute atomic E-state index is 0.0864. The number of aryl methyl sites for hydroxylation is 1. The molecular weight excluding hydrogens is 286 g/mol. The summed E-state index contributed by atoms with van der Waals surface area (Å²) in [5.41, 5.74) is 2.82. The molecule has 0 unspecified atom stereocenters. The van der Waals surface area contributed by atoms with Crippen molar-refractivity contribution in [3.8, 4) is 0 Å². The molecule has 21 heavy (non-hydrogen) atoms. The van der Waals surface area contributed by atoms with Gasteiger partial charge in [0.15, 0.2) is 5.13 Å². The maximum Gasteiger partial charge on any atom is 0.263 e. The van der Waals surface area contributed by atoms with E-state index < -0.39 is 0 Å². The molecule has 2 aromatic heterocycles. The van der Waals surface area contributed by atoms with Gasteiger partial charge in [0.05, 0.1) is 23.6 Å². The Morgan fingerprint density at radius 3 is 3.05 bits per heavy atom. The summed E-state index contributed by atoms with van der Waals surface area (Å²) in [5, 5.41) is 14.1. The zero-order valence-electron chi connectivity index (χ0n) is 12.2. The van der Waals surface area contributed by atoms with Gasteiger partial charge in [-0.2, -0.15) is 5.10 Å². The van der Waals surface area contributed by atoms with E-state index in [1.54, 1.807) is 0 Å². The molecule has 0 aromatic carbocycles. The molecule has 2 heterocycles. The van der Waals surface area contributed by atoms with Crippen molar-refractivity contribution in [3.63, 3.8) is 0 Å². The highest BCUT2D eigenvalue weighted by molar-refractivity contribution is 7.17. The van der Waals surface area contributed by atoms with Gasteiger partial charge in [0, 0.05) is 12.5 Å². The fraction of sp³-hybridized carbons (Fsp3) is 0.500. The number of aromatic amines is 1. The number of nitrogens with zero attached hydrogens (tertiary/aromatic N) is 2. The number of hydrogen-bond donors (Lipinski definition) is 3. The van der Waals surface area contributed by atoms with Crippen LogP contribution in [0.3, 0.4) is 0 Å². The summed E-state index contributed by atoms with van der Waals surface area (Å²) in [6, 6.07) is 2.04. The Balaban J connectivity index is 1.60. The van der Waals surface area contributed by atoms with Gasteiger partial charge in [-0.15, -0.1) is 0 Å². The standard InChI is InChI=1S/C14H19N5OS/c1-3-15-14-17-8(2)12(21-14)13(20)16-7-10-6-11(19-18-10)9-4-5-9/h6,9H,3-5,7H2,1-2H3,(H,15,17)(H,16,20)(H,18,19). The molecule has 6 nitrogen and oxygen atoms in total. The second-order valence-corrected chi connectivity index (χ2v) is 6.24. The number of amides is 1. The van der Waals surface area contributed by atoms with E-state index >= 15 is 0 Å². The number of H-pyrrole nitrogens is 1. The summed E-state index contributed by atoms with van der Waals surface area (Å²) >= 11 is 1.39. The Labute approximate surface area is 127 Å². The van der Waals surface area contributed by atoms with Gasteiger partial charge in [-0.25, -0.2) is 4.98 Å². The number of rotatable bonds is 6. The topological polar surface area (TPSA) is 82.7 Å². The zero-order valence-corrected chi connectivity index (χ0v) is 13.0. The Morgan fingerprint density at radius 2 is 2.33 bits per heavy atom. The summed E-state index contributed by atoms with van der Waals surface area (Å²) in [6.45, 7) is 5.12. The second-order valence-electron chi connectivity index (χ2n) is 5.24. The number of aromatic nitrogens is 3. The molecule has 2 aromatic rings. The van der Waals surface area contributed by atoms with E-state index in [9.17, 15) is 4.79 Å². The molecule has 1 fully saturated rings. The smallest absolute Gasteiger partial charge is 0.263 e. The van der Waals surface area contributed by atoms with Crippen LogP contribution in [0.15, 0.2) is 6.07 Å². The molecule has 3 rings (SSSR count). The summed E-state index contributed by atoms with van der Waals surface area (Å²) in [4.78, 5) is 17.2. The van der Waals surface area contributed by atoms with E-state index in [1.165, 1.54) is 24.2 Å². The minimum Gasteiger partial charge on any atom is -0.362 e. The molecule has 0 bridgehead atoms. The molecule has 0 atom stereocenters. The largest absolute Gasteiger partial charge is 0.362 e. The van der Waals surface area contributed by atoms with Crippen LogP contribution in [0.1, 0.15) is 52.4 Å². The summed E-state index contributed by atoms with van der Waals surface area (Å²) in [6.07, 6.45) is 2.45. The van der Waals surface area contributed by atoms with Crippen molar-refractivity contribution in [3.05, 3.63) is 28.0 Å². The van der Waals surface area contributed by atoms with Gasteiger partial charge >= 0.3 is 0 Å². The normalized spacial score (nSPS) is 14.2. The summed E-state index contributed by atoms with van der Waals surface area (Å²) < 4.78 is 0. The molecule has 1 saturated carbocycles. The third kappa shape index (κ3) is 3.24. The first-order valence-corrected chi connectivity index (χ1v) is 8.02. The van der Waals surface area contributed by atoms with Gasteiger partial charge in [0.25, 0.3) is 5.91 Å². The van der Waals surface area contributed by atoms with Crippen LogP contribution in [0, 0.1) is 6.92 Å². The van der Waals surface area contributed by atoms with E-state index in [-0.39, 0.29) is 5.91 Å². The van der Waals surface area contributed by atoms with Gasteiger partial charge in [-0.1, -0.05) is 11.3 Å². The van der Waals surface area contributed by atoms with Gasteiger partial charge in [-0.3, -0.25) is 9.89 Å². The number of thiazole rings is 1. The highest BCUT2D eigenvalue weighted by Crippen LogP contribution is 2.38. The van der Waals surface area contributed by atoms with Crippen LogP contribution in [0.5, 0.6) is 0 Å². The van der Waals surface area contributed by atoms with E-state index in [2.05, 4.69) is 25.8 Å². The van der Waals surface area contributed by atoms with E-state index in [1.807, 2.05) is 19.9 Å². The predicted octanol–water partition coefficient (Wildman–Crippen LogP) is 2.41. The predicted molar refractivity (Wildman–Crippen MR) is 82.7 cm³/mol. The molecule has 1 aliphatic carbocycles. The molecule has 0 saturated heterocycles. The van der Waals surface area contributed by atoms with Crippen molar-refractivity contribution in [1.29, 1.82) is 0 Å². The lowest BCUT2D eigenvalue weighted by molar-refractivity contribution is 0.0953. The van der Waals surface area contributed by atoms with E-state index in [4.69, 9.17) is 0 Å². The lowest BCUT2D eigenvalue weighted by atomic mass is 10.2. The van der Waals surface area contributed by atoms with Crippen molar-refractivity contribution >= 4 is 22.4 Å². The Bertz CT molecular complexity index is 644. The van der Waals surface area contributed by atoms with Crippen LogP contribution in [0.25, 0.3) is 0 Å². The molecule has 7 heteroatoms. The van der Waals surface area contributed by atoms with Crippen LogP contribution in [0.2, 0.25) is 0 Å². The quantitative estimate of drug-likeness (QED) is 0.765. The fourth-order valence-electron chi connectivity index (χ4n) is 2.15. The number of hydrogen-bond acceptors (Lipinski definition) is 5. The number of anilines is 1. The average Bonchev–Trinajstić information content (AvgIpc) is 3.09. The molecular formula is C14H19N5OS. The highest BCUT2D eigenvalue weighted by atomic mass is 32.1. The maximum absolute atomic E-state index is 12.2. The molecule has 1 amide bonds. The Morgan fingerprint density at radius 1 is 1.52 bits per heavy atom. The first-order chi connectivity index (χ1) is 10.2. The van der Waals surface area contributed by atoms with Gasteiger partial charge < -0.3 is 10.6 Å². The average molecular weight is 305 g/mol. The highest BCUT2D eigenvalue weighted by Gasteiger charge is 2.26. The van der Waals surface area contributed by atoms with Crippen molar-refractivity contribution in [1.82, 2.24) is 20.5 Å². The third-order valence-electron chi connectivity index (χ3n) is 3.42. The molecule has 1 aliphatic rings. The van der Waals surface area contributed by atoms with Crippen LogP contribution >= 0.6 is 11.3 Å². The number of carbonyl (C=O) groups is 1. The van der Waals surface area contributed by atoms with Gasteiger partial charge in [0.2, 0.25) is 0 Å². The van der Waals surface area contributed by atoms with Crippen molar-refractivity contribution in [2.75, 3.05) is 11.9 Å². The van der Waals surface area contributed by atoms with Gasteiger partial charge in [0.1, 0.15) is 4.88 Å². The maximum atomic E-state index is 12.2.